The van der Waals surface area contributed by atoms with Crippen LogP contribution in [-0.4, -0.2) is 65.1 Å². The van der Waals surface area contributed by atoms with E-state index in [2.05, 4.69) is 0 Å². The van der Waals surface area contributed by atoms with Crippen molar-refractivity contribution in [1.29, 1.82) is 0 Å². The van der Waals surface area contributed by atoms with Crippen LogP contribution in [0.3, 0.4) is 0 Å². The first-order chi connectivity index (χ1) is 18.5. The fourth-order valence-electron chi connectivity index (χ4n) is 5.22. The summed E-state index contributed by atoms with van der Waals surface area (Å²) in [6.45, 7) is -0.664. The van der Waals surface area contributed by atoms with Crippen LogP contribution in [0.5, 0.6) is 23.0 Å². The van der Waals surface area contributed by atoms with Crippen molar-refractivity contribution in [2.45, 2.75) is 18.7 Å². The van der Waals surface area contributed by atoms with Gasteiger partial charge in [-0.15, -0.1) is 0 Å². The fraction of sp³-hybridized carbons (Fsp3) is 0.250. The molecular formula is C28H24N2Na2O9. The van der Waals surface area contributed by atoms with Gasteiger partial charge in [0.25, 0.3) is 0 Å². The predicted molar refractivity (Wildman–Crippen MR) is 131 cm³/mol. The Morgan fingerprint density at radius 2 is 1.27 bits per heavy atom. The topological polar surface area (TPSA) is 163 Å². The van der Waals surface area contributed by atoms with Gasteiger partial charge in [-0.3, -0.25) is 9.80 Å². The average Bonchev–Trinajstić information content (AvgIpc) is 3.13. The summed E-state index contributed by atoms with van der Waals surface area (Å²) in [6.07, 6.45) is 0. The molecular weight excluding hydrogens is 554 g/mol. The first-order valence-corrected chi connectivity index (χ1v) is 12.0. The third-order valence-corrected chi connectivity index (χ3v) is 6.79. The van der Waals surface area contributed by atoms with Crippen LogP contribution in [0.1, 0.15) is 38.2 Å². The Kier molecular flexibility index (Phi) is 10.2. The number of benzene rings is 3. The summed E-state index contributed by atoms with van der Waals surface area (Å²) >= 11 is 0. The van der Waals surface area contributed by atoms with Gasteiger partial charge < -0.3 is 39.5 Å². The van der Waals surface area contributed by atoms with E-state index in [-0.39, 0.29) is 108 Å². The van der Waals surface area contributed by atoms with Crippen molar-refractivity contribution in [3.63, 3.8) is 0 Å². The molecule has 0 saturated carbocycles. The van der Waals surface area contributed by atoms with Crippen LogP contribution < -0.4 is 74.1 Å². The number of hydrogen-bond donors (Lipinski definition) is 2. The molecule has 3 aromatic rings. The summed E-state index contributed by atoms with van der Waals surface area (Å²) in [5.41, 5.74) is 0.810. The van der Waals surface area contributed by atoms with E-state index in [0.29, 0.717) is 33.4 Å². The molecule has 2 heterocycles. The standard InChI is InChI=1S/C28H26N2O9.2Na/c1-29(13-25(33)34)11-15-7-19-23(9-21(15)31)38-24-10-22(32)16(12-30(2)14-26(35)36)8-20(24)28(19)18-6-4-3-5-17(18)27(37)39-28;;/h3-10,31-32H,11-14H2,1-2H3,(H,33,34)(H,35,36);;/q;2*+1/p-2. The molecule has 2 aliphatic rings. The molecule has 0 radical (unpaired) electrons. The molecule has 202 valence electrons. The zero-order chi connectivity index (χ0) is 28.1. The van der Waals surface area contributed by atoms with E-state index in [0.717, 1.165) is 0 Å². The van der Waals surface area contributed by atoms with E-state index in [1.54, 1.807) is 50.5 Å². The minimum absolute atomic E-state index is 0. The van der Waals surface area contributed by atoms with Crippen molar-refractivity contribution in [3.8, 4) is 23.0 Å². The van der Waals surface area contributed by atoms with Crippen LogP contribution in [0.2, 0.25) is 0 Å². The number of fused-ring (bicyclic) bond motifs is 6. The molecule has 0 atom stereocenters. The number of hydrogen-bond acceptors (Lipinski definition) is 11. The van der Waals surface area contributed by atoms with Gasteiger partial charge in [0, 0.05) is 66.1 Å². The van der Waals surface area contributed by atoms with E-state index in [1.165, 1.54) is 21.9 Å². The van der Waals surface area contributed by atoms with Gasteiger partial charge in [0.2, 0.25) is 0 Å². The van der Waals surface area contributed by atoms with E-state index in [1.807, 2.05) is 0 Å². The van der Waals surface area contributed by atoms with E-state index in [9.17, 15) is 34.8 Å². The molecule has 0 unspecified atom stereocenters. The number of likely N-dealkylation sites (N-methyl/N-ethyl adjacent to an activating group) is 2. The van der Waals surface area contributed by atoms with Gasteiger partial charge in [0.1, 0.15) is 23.0 Å². The van der Waals surface area contributed by atoms with E-state index in [4.69, 9.17) is 9.47 Å². The monoisotopic (exact) mass is 578 g/mol. The average molecular weight is 578 g/mol. The number of carboxylic acids is 2. The van der Waals surface area contributed by atoms with Gasteiger partial charge in [-0.2, -0.15) is 0 Å². The van der Waals surface area contributed by atoms with Gasteiger partial charge in [-0.25, -0.2) is 4.79 Å². The predicted octanol–water partition coefficient (Wildman–Crippen LogP) is -5.96. The Bertz CT molecular complexity index is 1450. The second-order valence-electron chi connectivity index (χ2n) is 9.76. The number of phenols is 2. The molecule has 3 aromatic carbocycles. The number of esters is 1. The van der Waals surface area contributed by atoms with Crippen molar-refractivity contribution < 1.29 is 103 Å². The number of nitrogens with zero attached hydrogens (tertiary/aromatic N) is 2. The number of aliphatic carboxylic acids is 2. The van der Waals surface area contributed by atoms with Crippen molar-refractivity contribution in [2.75, 3.05) is 27.2 Å². The van der Waals surface area contributed by atoms with Gasteiger partial charge in [0.15, 0.2) is 5.60 Å². The minimum Gasteiger partial charge on any atom is -0.549 e. The Morgan fingerprint density at radius 1 is 0.805 bits per heavy atom. The second-order valence-corrected chi connectivity index (χ2v) is 9.76. The van der Waals surface area contributed by atoms with Crippen LogP contribution in [-0.2, 0) is 33.0 Å². The molecule has 0 amide bonds. The summed E-state index contributed by atoms with van der Waals surface area (Å²) in [5, 5.41) is 43.7. The molecule has 0 saturated heterocycles. The zero-order valence-corrected chi connectivity index (χ0v) is 27.1. The van der Waals surface area contributed by atoms with Gasteiger partial charge in [-0.05, 0) is 32.3 Å². The maximum Gasteiger partial charge on any atom is 1.00 e. The Labute approximate surface area is 279 Å². The van der Waals surface area contributed by atoms with Gasteiger partial charge >= 0.3 is 65.1 Å². The van der Waals surface area contributed by atoms with Crippen molar-refractivity contribution in [1.82, 2.24) is 9.80 Å². The first kappa shape index (κ1) is 32.9. The number of carbonyl (C=O) groups excluding carboxylic acids is 3. The molecule has 1 spiro atoms. The molecule has 0 bridgehead atoms. The SMILES string of the molecule is CN(CC(=O)[O-])Cc1cc2c(cc1O)Oc1cc(O)c(CN(C)CC(=O)[O-])cc1C21OC(=O)c2ccccc21.[Na+].[Na+]. The van der Waals surface area contributed by atoms with Crippen LogP contribution >= 0.6 is 0 Å². The molecule has 2 N–H and O–H groups in total. The summed E-state index contributed by atoms with van der Waals surface area (Å²) in [5.74, 6) is -3.12. The number of carboxylic acid groups (broad SMARTS) is 2. The third-order valence-electron chi connectivity index (χ3n) is 6.79. The second kappa shape index (κ2) is 12.7. The molecule has 13 heteroatoms. The smallest absolute Gasteiger partial charge is 0.549 e. The first-order valence-electron chi connectivity index (χ1n) is 12.0. The maximum atomic E-state index is 13.1. The maximum absolute atomic E-state index is 13.1. The Balaban J connectivity index is 0.00000231. The van der Waals surface area contributed by atoms with Crippen LogP contribution in [0.25, 0.3) is 0 Å². The number of phenolic OH excluding ortho intramolecular Hbond substituents is 2. The molecule has 0 fully saturated rings. The molecule has 2 aliphatic heterocycles. The molecule has 0 aromatic heterocycles. The molecule has 11 nitrogen and oxygen atoms in total. The van der Waals surface area contributed by atoms with Crippen LogP contribution in [0.15, 0.2) is 48.5 Å². The minimum atomic E-state index is -1.53. The van der Waals surface area contributed by atoms with Gasteiger partial charge in [-0.1, -0.05) is 18.2 Å². The molecule has 0 aliphatic carbocycles. The summed E-state index contributed by atoms with van der Waals surface area (Å²) in [6, 6.07) is 12.7. The van der Waals surface area contributed by atoms with Crippen molar-refractivity contribution >= 4 is 17.9 Å². The largest absolute Gasteiger partial charge is 1.00 e. The normalized spacial score (nSPS) is 13.8. The Morgan fingerprint density at radius 3 is 1.73 bits per heavy atom. The van der Waals surface area contributed by atoms with Crippen LogP contribution in [0, 0.1) is 0 Å². The summed E-state index contributed by atoms with van der Waals surface area (Å²) < 4.78 is 12.2. The fourth-order valence-corrected chi connectivity index (χ4v) is 5.22. The van der Waals surface area contributed by atoms with E-state index >= 15 is 0 Å². The van der Waals surface area contributed by atoms with Crippen molar-refractivity contribution in [2.24, 2.45) is 0 Å². The number of aromatic hydroxyl groups is 2. The van der Waals surface area contributed by atoms with Gasteiger partial charge in [0.05, 0.1) is 17.5 Å². The number of ether oxygens (including phenoxy) is 2. The Hall–Kier alpha value is -2.61. The number of rotatable bonds is 8. The van der Waals surface area contributed by atoms with Crippen molar-refractivity contribution in [3.05, 3.63) is 81.9 Å². The zero-order valence-electron chi connectivity index (χ0n) is 23.1. The van der Waals surface area contributed by atoms with Crippen LogP contribution in [0.4, 0.5) is 0 Å². The third kappa shape index (κ3) is 6.13. The quantitative estimate of drug-likeness (QED) is 0.193. The summed E-state index contributed by atoms with van der Waals surface area (Å²) in [7, 11) is 3.11. The summed E-state index contributed by atoms with van der Waals surface area (Å²) in [4.78, 5) is 38.2. The van der Waals surface area contributed by atoms with E-state index < -0.39 is 23.5 Å². The molecule has 41 heavy (non-hydrogen) atoms. The number of carbonyl (C=O) groups is 3. The molecule has 5 rings (SSSR count).